The first-order valence-corrected chi connectivity index (χ1v) is 44.7. The summed E-state index contributed by atoms with van der Waals surface area (Å²) in [6.07, 6.45) is 36.6. The van der Waals surface area contributed by atoms with Crippen LogP contribution in [0.25, 0.3) is 44.5 Å². The van der Waals surface area contributed by atoms with Crippen LogP contribution < -0.4 is 29.1 Å². The molecule has 642 valence electrons. The molecule has 0 aliphatic carbocycles. The number of hydrogen-bond acceptors (Lipinski definition) is 16. The van der Waals surface area contributed by atoms with Gasteiger partial charge >= 0.3 is 0 Å². The zero-order valence-electron chi connectivity index (χ0n) is 70.9. The van der Waals surface area contributed by atoms with Crippen LogP contribution in [0.3, 0.4) is 0 Å². The lowest BCUT2D eigenvalue weighted by atomic mass is 9.95. The molecule has 4 N–H and O–H groups in total. The Labute approximate surface area is 725 Å². The summed E-state index contributed by atoms with van der Waals surface area (Å²) in [7, 11) is 0. The fourth-order valence-corrected chi connectivity index (χ4v) is 19.1. The van der Waals surface area contributed by atoms with Crippen molar-refractivity contribution in [1.29, 1.82) is 0 Å². The molecule has 4 saturated heterocycles. The van der Waals surface area contributed by atoms with Gasteiger partial charge < -0.3 is 48.7 Å². The molecule has 0 atom stereocenters. The number of piperidine rings is 4. The van der Waals surface area contributed by atoms with Crippen LogP contribution in [-0.4, -0.2) is 220 Å². The third-order valence-electron chi connectivity index (χ3n) is 26.4. The van der Waals surface area contributed by atoms with Gasteiger partial charge in [-0.2, -0.15) is 20.4 Å². The topological polar surface area (TPSA) is 253 Å². The van der Waals surface area contributed by atoms with E-state index >= 15 is 0 Å². The summed E-state index contributed by atoms with van der Waals surface area (Å²) in [5, 5.41) is 27.8. The fourth-order valence-electron chi connectivity index (χ4n) is 19.1. The second-order valence-electron chi connectivity index (χ2n) is 34.4. The Balaban J connectivity index is 0.000000117. The normalized spacial score (nSPS) is 17.0. The van der Waals surface area contributed by atoms with Crippen molar-refractivity contribution < 1.29 is 33.0 Å². The number of nitrogens with one attached hydrogen (secondary N) is 4. The average molecular weight is 1670 g/mol. The number of anilines is 4. The lowest BCUT2D eigenvalue weighted by Crippen LogP contribution is -2.43. The number of aromatic nitrogens is 9. The highest BCUT2D eigenvalue weighted by Gasteiger charge is 2.33. The first kappa shape index (κ1) is 83.6. The standard InChI is InChI=1S/C25H27FN4O2.C25H29N5O.C25H28N4O2.C24H29N5O/c26-22-2-4-23(5-3-22)32-17-25(31)29-10-7-18(8-11-29)16-30-12-9-20-13-19(1-6-24(20)30)21-14-27-28-15-21;31-25(7-5-23-3-1-2-11-26-23)29-12-8-19(9-13-29)18-30-14-10-21-15-20(4-6-24(21)30)22-16-27-28-17-22;30-25(18-31-23-4-2-1-3-5-23)28-11-8-19(9-12-28)17-29-13-10-21-14-20(6-7-24(21)29)22-15-26-27-16-22;30-24(4-1-18-5-9-25-14-18)28-10-6-19(7-11-28)17-29-12-8-21-13-20(2-3-23(21)29)22-15-26-27-16-22/h1-6,13-15,18H,7-12,16-17H2,(H,27,28);1-4,6,11,15-17,19H,5,7-10,12-14,18H2,(H,27,28);1-7,14-16,19H,8-13,17-18H2,(H,26,27);2-3,5,9,13,15-16,19H,1,4,6-8,10-12,14,17H2,(H,26,27). The number of benzene rings is 6. The van der Waals surface area contributed by atoms with E-state index in [1.807, 2.05) is 120 Å². The van der Waals surface area contributed by atoms with Gasteiger partial charge in [0.2, 0.25) is 11.8 Å². The number of amides is 4. The molecule has 14 heterocycles. The van der Waals surface area contributed by atoms with Crippen LogP contribution in [0.15, 0.2) is 218 Å². The Morgan fingerprint density at radius 3 is 1.05 bits per heavy atom. The molecule has 24 nitrogen and oxygen atoms in total. The fraction of sp³-hybridized carbons (Fsp3) is 0.394. The number of aliphatic imine (C=N–C) groups is 1. The molecule has 0 unspecified atom stereocenters. The summed E-state index contributed by atoms with van der Waals surface area (Å²) in [6.45, 7) is 16.2. The van der Waals surface area contributed by atoms with E-state index in [-0.39, 0.29) is 36.8 Å². The third-order valence-corrected chi connectivity index (χ3v) is 26.4. The van der Waals surface area contributed by atoms with Gasteiger partial charge in [0.1, 0.15) is 17.3 Å². The lowest BCUT2D eigenvalue weighted by molar-refractivity contribution is -0.135. The number of para-hydroxylation sites is 1. The average Bonchev–Trinajstić information content (AvgIpc) is 1.67. The molecule has 6 aromatic carbocycles. The monoisotopic (exact) mass is 1670 g/mol. The minimum atomic E-state index is -0.315. The summed E-state index contributed by atoms with van der Waals surface area (Å²) in [5.41, 5.74) is 22.8. The van der Waals surface area contributed by atoms with Crippen LogP contribution in [0.1, 0.15) is 98.6 Å². The minimum absolute atomic E-state index is 0.00516. The van der Waals surface area contributed by atoms with E-state index in [9.17, 15) is 23.6 Å². The molecule has 25 heteroatoms. The van der Waals surface area contributed by atoms with Crippen molar-refractivity contribution in [3.8, 4) is 56.0 Å². The SMILES string of the molecule is O=C(CCC1=CC=NC1)N1CCC(CN2CCc3cc(-c4cn[nH]c4)ccc32)CC1.O=C(CCc1ccccn1)N1CCC(CN2CCc3cc(-c4cn[nH]c4)ccc32)CC1.O=C(COc1ccc(F)cc1)N1CCC(CN2CCc3cc(-c4cn[nH]c4)ccc32)CC1.O=C(COc1ccccc1)N1CCC(CN2CCc3cc(-c4cn[nH]c4)ccc32)CC1. The largest absolute Gasteiger partial charge is 0.484 e. The molecule has 124 heavy (non-hydrogen) atoms. The molecule has 0 bridgehead atoms. The molecular weight excluding hydrogens is 1560 g/mol. The van der Waals surface area contributed by atoms with Crippen molar-refractivity contribution in [3.05, 3.63) is 247 Å². The molecule has 9 aliphatic rings. The first-order chi connectivity index (χ1) is 60.9. The maximum atomic E-state index is 13.0. The van der Waals surface area contributed by atoms with E-state index in [0.717, 1.165) is 235 Å². The van der Waals surface area contributed by atoms with Gasteiger partial charge in [0.25, 0.3) is 11.8 Å². The Morgan fingerprint density at radius 2 is 0.718 bits per heavy atom. The zero-order chi connectivity index (χ0) is 84.3. The summed E-state index contributed by atoms with van der Waals surface area (Å²) >= 11 is 0. The van der Waals surface area contributed by atoms with Gasteiger partial charge in [0.15, 0.2) is 13.2 Å². The van der Waals surface area contributed by atoms with E-state index in [1.54, 1.807) is 18.3 Å². The predicted octanol–water partition coefficient (Wildman–Crippen LogP) is 14.8. The second kappa shape index (κ2) is 40.6. The number of carbonyl (C=O) groups excluding carboxylic acids is 4. The number of allylic oxidation sites excluding steroid dienone is 1. The summed E-state index contributed by atoms with van der Waals surface area (Å²) in [6, 6.07) is 48.2. The number of fused-ring (bicyclic) bond motifs is 4. The number of H-pyrrole nitrogens is 4. The maximum absolute atomic E-state index is 13.0. The van der Waals surface area contributed by atoms with Crippen molar-refractivity contribution >= 4 is 52.6 Å². The van der Waals surface area contributed by atoms with Crippen molar-refractivity contribution in [3.63, 3.8) is 0 Å². The summed E-state index contributed by atoms with van der Waals surface area (Å²) in [4.78, 5) is 76.7. The highest BCUT2D eigenvalue weighted by atomic mass is 19.1. The van der Waals surface area contributed by atoms with E-state index in [2.05, 4.69) is 153 Å². The third kappa shape index (κ3) is 21.5. The molecule has 0 spiro atoms. The van der Waals surface area contributed by atoms with Gasteiger partial charge in [-0.25, -0.2) is 4.39 Å². The molecule has 11 aromatic rings. The van der Waals surface area contributed by atoms with Crippen molar-refractivity contribution in [2.24, 2.45) is 28.7 Å². The number of rotatable bonds is 24. The summed E-state index contributed by atoms with van der Waals surface area (Å²) in [5.74, 6) is 4.11. The van der Waals surface area contributed by atoms with Gasteiger partial charge in [-0.3, -0.25) is 49.5 Å². The maximum Gasteiger partial charge on any atom is 0.260 e. The first-order valence-electron chi connectivity index (χ1n) is 44.7. The molecular formula is C99H113FN18O6. The Kier molecular flexibility index (Phi) is 27.3. The molecule has 20 rings (SSSR count). The van der Waals surface area contributed by atoms with Crippen LogP contribution in [0, 0.1) is 29.5 Å². The molecule has 0 radical (unpaired) electrons. The molecule has 9 aliphatic heterocycles. The molecule has 4 amide bonds. The van der Waals surface area contributed by atoms with Gasteiger partial charge in [0.05, 0.1) is 31.3 Å². The number of halogens is 1. The van der Waals surface area contributed by atoms with Crippen molar-refractivity contribution in [2.45, 2.75) is 103 Å². The van der Waals surface area contributed by atoms with Crippen molar-refractivity contribution in [1.82, 2.24) is 65.4 Å². The number of aromatic amines is 4. The highest BCUT2D eigenvalue weighted by molar-refractivity contribution is 5.81. The highest BCUT2D eigenvalue weighted by Crippen LogP contribution is 2.40. The Hall–Kier alpha value is -12.7. The van der Waals surface area contributed by atoms with E-state index in [4.69, 9.17) is 9.47 Å². The second-order valence-corrected chi connectivity index (χ2v) is 34.4. The van der Waals surface area contributed by atoms with Crippen LogP contribution in [0.4, 0.5) is 27.1 Å². The van der Waals surface area contributed by atoms with Gasteiger partial charge in [-0.15, -0.1) is 0 Å². The number of pyridine rings is 1. The zero-order valence-corrected chi connectivity index (χ0v) is 70.9. The van der Waals surface area contributed by atoms with Crippen LogP contribution in [0.5, 0.6) is 11.5 Å². The van der Waals surface area contributed by atoms with E-state index in [1.165, 1.54) is 85.0 Å². The number of ether oxygens (including phenoxy) is 2. The number of nitrogens with zero attached hydrogens (tertiary/aromatic N) is 14. The van der Waals surface area contributed by atoms with Crippen molar-refractivity contribution in [2.75, 3.05) is 144 Å². The Bertz CT molecular complexity index is 5200. The number of aryl methyl sites for hydroxylation is 1. The van der Waals surface area contributed by atoms with Gasteiger partial charge in [-0.05, 0) is 267 Å². The predicted molar refractivity (Wildman–Crippen MR) is 484 cm³/mol. The van der Waals surface area contributed by atoms with Gasteiger partial charge in [0, 0.05) is 205 Å². The summed E-state index contributed by atoms with van der Waals surface area (Å²) < 4.78 is 24.1. The minimum Gasteiger partial charge on any atom is -0.484 e. The van der Waals surface area contributed by atoms with Crippen LogP contribution in [0.2, 0.25) is 0 Å². The number of hydrogen-bond donors (Lipinski definition) is 4. The number of likely N-dealkylation sites (tertiary alicyclic amines) is 4. The van der Waals surface area contributed by atoms with E-state index < -0.39 is 0 Å². The molecule has 4 fully saturated rings. The molecule has 5 aromatic heterocycles. The lowest BCUT2D eigenvalue weighted by Gasteiger charge is -2.34. The molecule has 0 saturated carbocycles. The van der Waals surface area contributed by atoms with E-state index in [0.29, 0.717) is 48.2 Å². The Morgan fingerprint density at radius 1 is 0.371 bits per heavy atom. The van der Waals surface area contributed by atoms with Crippen LogP contribution >= 0.6 is 0 Å². The number of carbonyl (C=O) groups is 4. The van der Waals surface area contributed by atoms with Crippen LogP contribution in [-0.2, 0) is 51.3 Å². The smallest absolute Gasteiger partial charge is 0.260 e. The quantitative estimate of drug-likeness (QED) is 0.0439. The van der Waals surface area contributed by atoms with Gasteiger partial charge in [-0.1, -0.05) is 48.5 Å².